The standard InChI is InChI=1S/C12H25NO2/c1-10(2)6-8-13-9-7-11(14)15-12(3,4)5/h10,13H,6-9H2,1-5H3. The first-order chi connectivity index (χ1) is 6.81. The van der Waals surface area contributed by atoms with Crippen LogP contribution in [0.1, 0.15) is 47.5 Å². The van der Waals surface area contributed by atoms with Crippen LogP contribution in [0.25, 0.3) is 0 Å². The molecular weight excluding hydrogens is 190 g/mol. The van der Waals surface area contributed by atoms with Gasteiger partial charge in [0.25, 0.3) is 0 Å². The molecule has 0 saturated heterocycles. The Morgan fingerprint density at radius 1 is 1.27 bits per heavy atom. The van der Waals surface area contributed by atoms with Crippen molar-refractivity contribution in [1.82, 2.24) is 5.32 Å². The highest BCUT2D eigenvalue weighted by Gasteiger charge is 2.15. The van der Waals surface area contributed by atoms with E-state index in [9.17, 15) is 4.79 Å². The first-order valence-electron chi connectivity index (χ1n) is 5.74. The maximum Gasteiger partial charge on any atom is 0.307 e. The molecule has 15 heavy (non-hydrogen) atoms. The van der Waals surface area contributed by atoms with Crippen LogP contribution >= 0.6 is 0 Å². The Morgan fingerprint density at radius 3 is 2.33 bits per heavy atom. The van der Waals surface area contributed by atoms with Crippen LogP contribution in [-0.4, -0.2) is 24.7 Å². The minimum absolute atomic E-state index is 0.125. The third kappa shape index (κ3) is 11.4. The SMILES string of the molecule is CC(C)CCNCCC(=O)OC(C)(C)C. The quantitative estimate of drug-likeness (QED) is 0.546. The molecule has 3 nitrogen and oxygen atoms in total. The van der Waals surface area contributed by atoms with Gasteiger partial charge in [0.05, 0.1) is 6.42 Å². The first-order valence-corrected chi connectivity index (χ1v) is 5.74. The second-order valence-electron chi connectivity index (χ2n) is 5.27. The van der Waals surface area contributed by atoms with Gasteiger partial charge in [-0.3, -0.25) is 4.79 Å². The van der Waals surface area contributed by atoms with Gasteiger partial charge in [-0.05, 0) is 39.7 Å². The minimum Gasteiger partial charge on any atom is -0.460 e. The Kier molecular flexibility index (Phi) is 6.57. The summed E-state index contributed by atoms with van der Waals surface area (Å²) in [6.45, 7) is 11.7. The number of ether oxygens (including phenoxy) is 1. The molecule has 90 valence electrons. The van der Waals surface area contributed by atoms with Crippen LogP contribution in [0.15, 0.2) is 0 Å². The molecule has 0 radical (unpaired) electrons. The predicted octanol–water partition coefficient (Wildman–Crippen LogP) is 2.35. The van der Waals surface area contributed by atoms with Crippen molar-refractivity contribution in [3.63, 3.8) is 0 Å². The maximum absolute atomic E-state index is 11.3. The number of carbonyl (C=O) groups excluding carboxylic acids is 1. The summed E-state index contributed by atoms with van der Waals surface area (Å²) in [7, 11) is 0. The third-order valence-corrected chi connectivity index (χ3v) is 1.82. The normalized spacial score (nSPS) is 11.9. The van der Waals surface area contributed by atoms with Crippen molar-refractivity contribution in [1.29, 1.82) is 0 Å². The van der Waals surface area contributed by atoms with E-state index in [-0.39, 0.29) is 11.6 Å². The molecule has 0 amide bonds. The molecule has 0 bridgehead atoms. The molecule has 0 atom stereocenters. The van der Waals surface area contributed by atoms with Crippen LogP contribution in [-0.2, 0) is 9.53 Å². The number of nitrogens with one attached hydrogen (secondary N) is 1. The van der Waals surface area contributed by atoms with Gasteiger partial charge in [-0.1, -0.05) is 13.8 Å². The minimum atomic E-state index is -0.366. The molecule has 0 unspecified atom stereocenters. The van der Waals surface area contributed by atoms with Gasteiger partial charge >= 0.3 is 5.97 Å². The van der Waals surface area contributed by atoms with E-state index in [4.69, 9.17) is 4.74 Å². The van der Waals surface area contributed by atoms with Gasteiger partial charge in [-0.2, -0.15) is 0 Å². The summed E-state index contributed by atoms with van der Waals surface area (Å²) in [4.78, 5) is 11.3. The topological polar surface area (TPSA) is 38.3 Å². The fraction of sp³-hybridized carbons (Fsp3) is 0.917. The van der Waals surface area contributed by atoms with Crippen LogP contribution in [0.2, 0.25) is 0 Å². The van der Waals surface area contributed by atoms with Crippen molar-refractivity contribution in [2.45, 2.75) is 53.1 Å². The largest absolute Gasteiger partial charge is 0.460 e. The number of carbonyl (C=O) groups is 1. The zero-order chi connectivity index (χ0) is 11.9. The van der Waals surface area contributed by atoms with Crippen LogP contribution in [0.5, 0.6) is 0 Å². The molecule has 0 spiro atoms. The molecular formula is C12H25NO2. The van der Waals surface area contributed by atoms with Gasteiger partial charge in [0.1, 0.15) is 5.60 Å². The lowest BCUT2D eigenvalue weighted by molar-refractivity contribution is -0.154. The lowest BCUT2D eigenvalue weighted by Crippen LogP contribution is -2.27. The lowest BCUT2D eigenvalue weighted by Gasteiger charge is -2.19. The van der Waals surface area contributed by atoms with Crippen molar-refractivity contribution in [3.05, 3.63) is 0 Å². The smallest absolute Gasteiger partial charge is 0.307 e. The number of hydrogen-bond donors (Lipinski definition) is 1. The third-order valence-electron chi connectivity index (χ3n) is 1.82. The van der Waals surface area contributed by atoms with Gasteiger partial charge in [-0.15, -0.1) is 0 Å². The summed E-state index contributed by atoms with van der Waals surface area (Å²) in [5, 5.41) is 3.23. The highest BCUT2D eigenvalue weighted by Crippen LogP contribution is 2.07. The Balaban J connectivity index is 3.40. The van der Waals surface area contributed by atoms with E-state index >= 15 is 0 Å². The van der Waals surface area contributed by atoms with Gasteiger partial charge in [0.15, 0.2) is 0 Å². The maximum atomic E-state index is 11.3. The summed E-state index contributed by atoms with van der Waals surface area (Å²) < 4.78 is 5.19. The van der Waals surface area contributed by atoms with E-state index in [0.29, 0.717) is 18.9 Å². The van der Waals surface area contributed by atoms with Crippen LogP contribution in [0.4, 0.5) is 0 Å². The molecule has 0 aliphatic rings. The zero-order valence-corrected chi connectivity index (χ0v) is 10.7. The summed E-state index contributed by atoms with van der Waals surface area (Å²) >= 11 is 0. The van der Waals surface area contributed by atoms with Crippen LogP contribution < -0.4 is 5.32 Å². The van der Waals surface area contributed by atoms with Crippen LogP contribution in [0.3, 0.4) is 0 Å². The monoisotopic (exact) mass is 215 g/mol. The zero-order valence-electron chi connectivity index (χ0n) is 10.7. The van der Waals surface area contributed by atoms with E-state index in [1.807, 2.05) is 20.8 Å². The molecule has 0 heterocycles. The fourth-order valence-corrected chi connectivity index (χ4v) is 1.10. The average molecular weight is 215 g/mol. The Bertz CT molecular complexity index is 183. The summed E-state index contributed by atoms with van der Waals surface area (Å²) in [5.74, 6) is 0.582. The van der Waals surface area contributed by atoms with Gasteiger partial charge in [0.2, 0.25) is 0 Å². The predicted molar refractivity (Wildman–Crippen MR) is 62.8 cm³/mol. The van der Waals surface area contributed by atoms with Crippen molar-refractivity contribution >= 4 is 5.97 Å². The van der Waals surface area contributed by atoms with Crippen LogP contribution in [0, 0.1) is 5.92 Å². The highest BCUT2D eigenvalue weighted by molar-refractivity contribution is 5.70. The molecule has 0 aromatic heterocycles. The molecule has 0 rings (SSSR count). The van der Waals surface area contributed by atoms with Crippen molar-refractivity contribution in [3.8, 4) is 0 Å². The fourth-order valence-electron chi connectivity index (χ4n) is 1.10. The van der Waals surface area contributed by atoms with E-state index in [1.54, 1.807) is 0 Å². The Labute approximate surface area is 93.6 Å². The molecule has 0 aliphatic heterocycles. The highest BCUT2D eigenvalue weighted by atomic mass is 16.6. The summed E-state index contributed by atoms with van der Waals surface area (Å²) in [5.41, 5.74) is -0.366. The summed E-state index contributed by atoms with van der Waals surface area (Å²) in [6, 6.07) is 0. The van der Waals surface area contributed by atoms with E-state index in [2.05, 4.69) is 19.2 Å². The van der Waals surface area contributed by atoms with Crippen molar-refractivity contribution in [2.24, 2.45) is 5.92 Å². The molecule has 3 heteroatoms. The van der Waals surface area contributed by atoms with Crippen molar-refractivity contribution < 1.29 is 9.53 Å². The van der Waals surface area contributed by atoms with Gasteiger partial charge in [-0.25, -0.2) is 0 Å². The van der Waals surface area contributed by atoms with E-state index in [0.717, 1.165) is 13.0 Å². The number of hydrogen-bond acceptors (Lipinski definition) is 3. The molecule has 0 fully saturated rings. The lowest BCUT2D eigenvalue weighted by atomic mass is 10.1. The van der Waals surface area contributed by atoms with Gasteiger partial charge < -0.3 is 10.1 Å². The number of esters is 1. The molecule has 0 aliphatic carbocycles. The van der Waals surface area contributed by atoms with E-state index in [1.165, 1.54) is 0 Å². The first kappa shape index (κ1) is 14.4. The van der Waals surface area contributed by atoms with Gasteiger partial charge in [0, 0.05) is 6.54 Å². The molecule has 1 N–H and O–H groups in total. The molecule has 0 aromatic rings. The second-order valence-corrected chi connectivity index (χ2v) is 5.27. The summed E-state index contributed by atoms with van der Waals surface area (Å²) in [6.07, 6.45) is 1.60. The number of rotatable bonds is 6. The van der Waals surface area contributed by atoms with Crippen molar-refractivity contribution in [2.75, 3.05) is 13.1 Å². The Hall–Kier alpha value is -0.570. The molecule has 0 aromatic carbocycles. The van der Waals surface area contributed by atoms with E-state index < -0.39 is 0 Å². The Morgan fingerprint density at radius 2 is 1.87 bits per heavy atom. The second kappa shape index (κ2) is 6.83. The average Bonchev–Trinajstić information content (AvgIpc) is 1.99. The molecule has 0 saturated carbocycles.